The summed E-state index contributed by atoms with van der Waals surface area (Å²) in [5, 5.41) is 23.6. The minimum absolute atomic E-state index is 0.0120. The van der Waals surface area contributed by atoms with E-state index in [9.17, 15) is 24.6 Å². The van der Waals surface area contributed by atoms with E-state index in [0.29, 0.717) is 5.69 Å². The Morgan fingerprint density at radius 1 is 1.04 bits per heavy atom. The fraction of sp³-hybridized carbons (Fsp3) is 0. The fourth-order valence-corrected chi connectivity index (χ4v) is 2.35. The van der Waals surface area contributed by atoms with Gasteiger partial charge >= 0.3 is 5.69 Å². The molecule has 3 rings (SSSR count). The molecular weight excluding hydrogens is 352 g/mol. The average Bonchev–Trinajstić information content (AvgIpc) is 2.65. The predicted octanol–water partition coefficient (Wildman–Crippen LogP) is 0.701. The first kappa shape index (κ1) is 17.7. The van der Waals surface area contributed by atoms with Crippen LogP contribution in [-0.2, 0) is 0 Å². The van der Waals surface area contributed by atoms with Crippen molar-refractivity contribution in [2.75, 3.05) is 0 Å². The molecule has 27 heavy (non-hydrogen) atoms. The second-order valence-electron chi connectivity index (χ2n) is 5.38. The van der Waals surface area contributed by atoms with E-state index >= 15 is 0 Å². The number of aromatic nitrogens is 2. The van der Waals surface area contributed by atoms with Gasteiger partial charge in [-0.2, -0.15) is 5.10 Å². The summed E-state index contributed by atoms with van der Waals surface area (Å²) in [5.41, 5.74) is 0.447. The third kappa shape index (κ3) is 3.61. The molecule has 0 saturated carbocycles. The quantitative estimate of drug-likeness (QED) is 0.398. The van der Waals surface area contributed by atoms with Gasteiger partial charge in [0, 0.05) is 0 Å². The Morgan fingerprint density at radius 3 is 2.41 bits per heavy atom. The normalized spacial score (nSPS) is 10.8. The molecule has 1 heterocycles. The number of nitrogens with one attached hydrogen (secondary N) is 2. The number of amides is 1. The van der Waals surface area contributed by atoms with E-state index < -0.39 is 23.0 Å². The zero-order valence-corrected chi connectivity index (χ0v) is 13.8. The smallest absolute Gasteiger partial charge is 0.335 e. The van der Waals surface area contributed by atoms with Gasteiger partial charge in [0.25, 0.3) is 11.5 Å². The molecule has 0 bridgehead atoms. The summed E-state index contributed by atoms with van der Waals surface area (Å²) < 4.78 is 0.896. The van der Waals surface area contributed by atoms with Gasteiger partial charge < -0.3 is 10.2 Å². The maximum Gasteiger partial charge on any atom is 0.335 e. The van der Waals surface area contributed by atoms with Crippen molar-refractivity contribution < 1.29 is 15.0 Å². The second-order valence-corrected chi connectivity index (χ2v) is 5.38. The molecule has 0 aliphatic carbocycles. The second kappa shape index (κ2) is 7.40. The molecule has 0 fully saturated rings. The highest BCUT2D eigenvalue weighted by Crippen LogP contribution is 2.16. The lowest BCUT2D eigenvalue weighted by Gasteiger charge is -2.09. The van der Waals surface area contributed by atoms with Crippen molar-refractivity contribution >= 4 is 12.1 Å². The molecule has 0 atom stereocenters. The SMILES string of the molecule is O=C(N/N=C/c1c(O)n(-c2ccccc2)c(=O)[nH]c1=O)c1ccccc1O. The summed E-state index contributed by atoms with van der Waals surface area (Å²) in [6, 6.07) is 14.0. The molecule has 4 N–H and O–H groups in total. The van der Waals surface area contributed by atoms with Crippen LogP contribution in [0.15, 0.2) is 69.3 Å². The molecule has 0 radical (unpaired) electrons. The average molecular weight is 366 g/mol. The van der Waals surface area contributed by atoms with Crippen LogP contribution in [0.3, 0.4) is 0 Å². The summed E-state index contributed by atoms with van der Waals surface area (Å²) in [7, 11) is 0. The monoisotopic (exact) mass is 366 g/mol. The minimum atomic E-state index is -0.870. The molecule has 0 saturated heterocycles. The van der Waals surface area contributed by atoms with Crippen LogP contribution in [0.5, 0.6) is 11.6 Å². The number of hydrogen-bond donors (Lipinski definition) is 4. The molecule has 0 unspecified atom stereocenters. The molecular formula is C18H14N4O5. The van der Waals surface area contributed by atoms with Crippen LogP contribution in [0, 0.1) is 0 Å². The van der Waals surface area contributed by atoms with Crippen molar-refractivity contribution in [3.8, 4) is 17.3 Å². The van der Waals surface area contributed by atoms with E-state index in [1.807, 2.05) is 0 Å². The predicted molar refractivity (Wildman–Crippen MR) is 97.5 cm³/mol. The first-order chi connectivity index (χ1) is 13.0. The van der Waals surface area contributed by atoms with E-state index in [2.05, 4.69) is 15.5 Å². The largest absolute Gasteiger partial charge is 0.507 e. The van der Waals surface area contributed by atoms with Crippen molar-refractivity contribution in [1.82, 2.24) is 15.0 Å². The number of aromatic hydroxyl groups is 2. The zero-order chi connectivity index (χ0) is 19.4. The van der Waals surface area contributed by atoms with Gasteiger partial charge in [0.05, 0.1) is 17.5 Å². The number of aromatic amines is 1. The number of phenolic OH excluding ortho intramolecular Hbond substituents is 1. The molecule has 2 aromatic carbocycles. The van der Waals surface area contributed by atoms with Gasteiger partial charge in [-0.05, 0) is 24.3 Å². The van der Waals surface area contributed by atoms with E-state index in [-0.39, 0.29) is 16.9 Å². The van der Waals surface area contributed by atoms with Gasteiger partial charge in [-0.1, -0.05) is 30.3 Å². The van der Waals surface area contributed by atoms with Crippen molar-refractivity contribution in [3.05, 3.63) is 86.6 Å². The Labute approximate surface area is 151 Å². The minimum Gasteiger partial charge on any atom is -0.507 e. The molecule has 0 aliphatic rings. The molecule has 1 aromatic heterocycles. The zero-order valence-electron chi connectivity index (χ0n) is 13.8. The van der Waals surface area contributed by atoms with Crippen LogP contribution in [0.4, 0.5) is 0 Å². The van der Waals surface area contributed by atoms with Crippen LogP contribution in [0.25, 0.3) is 5.69 Å². The molecule has 1 amide bonds. The number of benzene rings is 2. The van der Waals surface area contributed by atoms with Crippen LogP contribution < -0.4 is 16.7 Å². The number of H-pyrrole nitrogens is 1. The summed E-state index contributed by atoms with van der Waals surface area (Å²) in [5.74, 6) is -1.57. The molecule has 9 nitrogen and oxygen atoms in total. The van der Waals surface area contributed by atoms with Crippen molar-refractivity contribution in [2.45, 2.75) is 0 Å². The van der Waals surface area contributed by atoms with Crippen molar-refractivity contribution in [2.24, 2.45) is 5.10 Å². The number of phenols is 1. The van der Waals surface area contributed by atoms with E-state index in [0.717, 1.165) is 10.8 Å². The molecule has 0 spiro atoms. The number of nitrogens with zero attached hydrogens (tertiary/aromatic N) is 2. The Kier molecular flexibility index (Phi) is 4.84. The maximum atomic E-state index is 12.0. The van der Waals surface area contributed by atoms with Crippen LogP contribution >= 0.6 is 0 Å². The number of carbonyl (C=O) groups excluding carboxylic acids is 1. The van der Waals surface area contributed by atoms with Gasteiger partial charge in [-0.15, -0.1) is 0 Å². The molecule has 3 aromatic rings. The van der Waals surface area contributed by atoms with Gasteiger partial charge in [0.2, 0.25) is 5.88 Å². The van der Waals surface area contributed by atoms with Gasteiger partial charge in [-0.25, -0.2) is 14.8 Å². The highest BCUT2D eigenvalue weighted by atomic mass is 16.3. The summed E-state index contributed by atoms with van der Waals surface area (Å²) in [6.07, 6.45) is 0.908. The number of carbonyl (C=O) groups is 1. The number of para-hydroxylation sites is 2. The van der Waals surface area contributed by atoms with E-state index in [1.165, 1.54) is 12.1 Å². The summed E-state index contributed by atoms with van der Waals surface area (Å²) in [6.45, 7) is 0. The Morgan fingerprint density at radius 2 is 1.70 bits per heavy atom. The lowest BCUT2D eigenvalue weighted by molar-refractivity contribution is 0.0952. The first-order valence-electron chi connectivity index (χ1n) is 7.74. The van der Waals surface area contributed by atoms with Gasteiger partial charge in [-0.3, -0.25) is 14.6 Å². The molecule has 9 heteroatoms. The van der Waals surface area contributed by atoms with Crippen LogP contribution in [-0.4, -0.2) is 31.9 Å². The van der Waals surface area contributed by atoms with Gasteiger partial charge in [0.15, 0.2) is 0 Å². The highest BCUT2D eigenvalue weighted by Gasteiger charge is 2.14. The molecule has 0 aliphatic heterocycles. The fourth-order valence-electron chi connectivity index (χ4n) is 2.35. The standard InChI is InChI=1S/C18H14N4O5/c23-14-9-5-4-8-12(14)16(25)21-19-10-13-15(24)20-18(27)22(17(13)26)11-6-2-1-3-7-11/h1-10,23,26H,(H,21,25)(H,20,24,27)/b19-10+. The number of rotatable bonds is 4. The summed E-state index contributed by atoms with van der Waals surface area (Å²) >= 11 is 0. The lowest BCUT2D eigenvalue weighted by Crippen LogP contribution is -2.31. The number of hydrazone groups is 1. The third-order valence-electron chi connectivity index (χ3n) is 3.64. The maximum absolute atomic E-state index is 12.0. The highest BCUT2D eigenvalue weighted by molar-refractivity contribution is 5.97. The Hall–Kier alpha value is -4.14. The topological polar surface area (TPSA) is 137 Å². The van der Waals surface area contributed by atoms with E-state index in [4.69, 9.17) is 0 Å². The summed E-state index contributed by atoms with van der Waals surface area (Å²) in [4.78, 5) is 38.0. The Balaban J connectivity index is 1.92. The van der Waals surface area contributed by atoms with E-state index in [1.54, 1.807) is 42.5 Å². The molecule has 136 valence electrons. The first-order valence-corrected chi connectivity index (χ1v) is 7.74. The van der Waals surface area contributed by atoms with Gasteiger partial charge in [0.1, 0.15) is 11.3 Å². The third-order valence-corrected chi connectivity index (χ3v) is 3.64. The van der Waals surface area contributed by atoms with Crippen LogP contribution in [0.2, 0.25) is 0 Å². The Bertz CT molecular complexity index is 1130. The number of hydrogen-bond acceptors (Lipinski definition) is 6. The van der Waals surface area contributed by atoms with Crippen LogP contribution in [0.1, 0.15) is 15.9 Å². The van der Waals surface area contributed by atoms with Crippen molar-refractivity contribution in [1.29, 1.82) is 0 Å². The lowest BCUT2D eigenvalue weighted by atomic mass is 10.2. The van der Waals surface area contributed by atoms with Crippen molar-refractivity contribution in [3.63, 3.8) is 0 Å².